The zero-order chi connectivity index (χ0) is 14.8. The van der Waals surface area contributed by atoms with Gasteiger partial charge in [-0.25, -0.2) is 4.79 Å². The number of carbonyl (C=O) groups excluding carboxylic acids is 1. The molecule has 1 fully saturated rings. The molecule has 20 heavy (non-hydrogen) atoms. The number of likely N-dealkylation sites (tertiary alicyclic amines) is 1. The van der Waals surface area contributed by atoms with Crippen molar-refractivity contribution in [2.75, 3.05) is 18.4 Å². The van der Waals surface area contributed by atoms with Crippen molar-refractivity contribution in [3.05, 3.63) is 29.8 Å². The summed E-state index contributed by atoms with van der Waals surface area (Å²) in [4.78, 5) is 23.2. The molecule has 2 rings (SSSR count). The first-order valence-corrected chi connectivity index (χ1v) is 6.49. The highest BCUT2D eigenvalue weighted by Crippen LogP contribution is 2.33. The fourth-order valence-electron chi connectivity index (χ4n) is 2.45. The molecule has 0 bridgehead atoms. The van der Waals surface area contributed by atoms with Gasteiger partial charge in [0.1, 0.15) is 0 Å². The van der Waals surface area contributed by atoms with E-state index in [0.717, 1.165) is 0 Å². The predicted molar refractivity (Wildman–Crippen MR) is 73.5 cm³/mol. The summed E-state index contributed by atoms with van der Waals surface area (Å²) in [5.74, 6) is -0.171. The van der Waals surface area contributed by atoms with Gasteiger partial charge in [0, 0.05) is 25.7 Å². The fourth-order valence-corrected chi connectivity index (χ4v) is 2.45. The average Bonchev–Trinajstić information content (AvgIpc) is 2.39. The number of carbonyl (C=O) groups is 2. The maximum absolute atomic E-state index is 11.1. The van der Waals surface area contributed by atoms with E-state index in [1.165, 1.54) is 11.8 Å². The van der Waals surface area contributed by atoms with Crippen LogP contribution < -0.4 is 5.32 Å². The van der Waals surface area contributed by atoms with Crippen LogP contribution in [0, 0.1) is 0 Å². The van der Waals surface area contributed by atoms with Gasteiger partial charge in [-0.1, -0.05) is 12.1 Å². The molecule has 108 valence electrons. The molecule has 1 aliphatic heterocycles. The number of hydrogen-bond acceptors (Lipinski definition) is 3. The maximum Gasteiger partial charge on any atom is 0.407 e. The van der Waals surface area contributed by atoms with Crippen LogP contribution in [-0.2, 0) is 10.4 Å². The number of piperidine rings is 1. The Hall–Kier alpha value is -2.08. The minimum absolute atomic E-state index is 0.171. The van der Waals surface area contributed by atoms with Crippen LogP contribution in [0.3, 0.4) is 0 Å². The summed E-state index contributed by atoms with van der Waals surface area (Å²) < 4.78 is 0. The number of nitrogens with zero attached hydrogens (tertiary/aromatic N) is 1. The molecule has 3 N–H and O–H groups in total. The topological polar surface area (TPSA) is 89.9 Å². The van der Waals surface area contributed by atoms with Gasteiger partial charge in [0.25, 0.3) is 0 Å². The van der Waals surface area contributed by atoms with Crippen LogP contribution in [0.25, 0.3) is 0 Å². The third-order valence-electron chi connectivity index (χ3n) is 3.58. The van der Waals surface area contributed by atoms with Gasteiger partial charge in [-0.05, 0) is 30.5 Å². The summed E-state index contributed by atoms with van der Waals surface area (Å²) in [6, 6.07) is 7.04. The van der Waals surface area contributed by atoms with Crippen molar-refractivity contribution in [2.24, 2.45) is 0 Å². The minimum atomic E-state index is -1.04. The zero-order valence-electron chi connectivity index (χ0n) is 11.3. The monoisotopic (exact) mass is 278 g/mol. The van der Waals surface area contributed by atoms with Crippen LogP contribution in [0.5, 0.6) is 0 Å². The first-order chi connectivity index (χ1) is 9.40. The predicted octanol–water partition coefficient (Wildman–Crippen LogP) is 1.61. The van der Waals surface area contributed by atoms with Crippen molar-refractivity contribution < 1.29 is 19.8 Å². The van der Waals surface area contributed by atoms with E-state index in [9.17, 15) is 14.7 Å². The molecule has 0 radical (unpaired) electrons. The van der Waals surface area contributed by atoms with Gasteiger partial charge in [-0.3, -0.25) is 4.79 Å². The van der Waals surface area contributed by atoms with Crippen molar-refractivity contribution in [2.45, 2.75) is 25.4 Å². The molecule has 1 aliphatic rings. The van der Waals surface area contributed by atoms with Gasteiger partial charge in [0.15, 0.2) is 0 Å². The van der Waals surface area contributed by atoms with Crippen LogP contribution in [-0.4, -0.2) is 40.2 Å². The third kappa shape index (κ3) is 3.08. The van der Waals surface area contributed by atoms with E-state index >= 15 is 0 Å². The molecule has 1 heterocycles. The van der Waals surface area contributed by atoms with Crippen molar-refractivity contribution in [3.63, 3.8) is 0 Å². The number of nitrogens with one attached hydrogen (secondary N) is 1. The molecular formula is C14H18N2O4. The number of hydrogen-bond donors (Lipinski definition) is 3. The number of aliphatic hydroxyl groups is 1. The lowest BCUT2D eigenvalue weighted by atomic mass is 9.84. The second kappa shape index (κ2) is 5.50. The largest absolute Gasteiger partial charge is 0.465 e. The Balaban J connectivity index is 2.15. The number of carboxylic acid groups (broad SMARTS) is 1. The highest BCUT2D eigenvalue weighted by atomic mass is 16.4. The Labute approximate surface area is 117 Å². The molecule has 1 aromatic carbocycles. The van der Waals surface area contributed by atoms with E-state index < -0.39 is 11.7 Å². The van der Waals surface area contributed by atoms with Gasteiger partial charge in [-0.15, -0.1) is 0 Å². The molecule has 2 amide bonds. The third-order valence-corrected chi connectivity index (χ3v) is 3.58. The molecule has 0 spiro atoms. The molecule has 0 unspecified atom stereocenters. The molecule has 1 aromatic rings. The zero-order valence-corrected chi connectivity index (χ0v) is 11.3. The van der Waals surface area contributed by atoms with Crippen LogP contribution in [0.1, 0.15) is 25.3 Å². The summed E-state index contributed by atoms with van der Waals surface area (Å²) in [7, 11) is 0. The molecule has 6 heteroatoms. The van der Waals surface area contributed by atoms with Crippen molar-refractivity contribution >= 4 is 17.7 Å². The molecule has 0 aromatic heterocycles. The van der Waals surface area contributed by atoms with E-state index in [1.807, 2.05) is 0 Å². The standard InChI is InChI=1S/C14H18N2O4/c1-10(17)15-12-4-2-3-11(9-12)14(20)5-7-16(8-6-14)13(18)19/h2-4,9,20H,5-8H2,1H3,(H,15,17)(H,18,19). The van der Waals surface area contributed by atoms with E-state index in [-0.39, 0.29) is 5.91 Å². The van der Waals surface area contributed by atoms with Crippen LogP contribution >= 0.6 is 0 Å². The average molecular weight is 278 g/mol. The second-order valence-corrected chi connectivity index (χ2v) is 5.06. The minimum Gasteiger partial charge on any atom is -0.465 e. The highest BCUT2D eigenvalue weighted by Gasteiger charge is 2.35. The van der Waals surface area contributed by atoms with E-state index in [2.05, 4.69) is 5.32 Å². The summed E-state index contributed by atoms with van der Waals surface area (Å²) in [5, 5.41) is 22.3. The Bertz CT molecular complexity index is 522. The number of rotatable bonds is 2. The van der Waals surface area contributed by atoms with Gasteiger partial charge in [0.05, 0.1) is 5.60 Å². The summed E-state index contributed by atoms with van der Waals surface area (Å²) in [5.41, 5.74) is 0.290. The van der Waals surface area contributed by atoms with Gasteiger partial charge in [-0.2, -0.15) is 0 Å². The Morgan fingerprint density at radius 2 is 1.95 bits per heavy atom. The molecule has 1 saturated heterocycles. The molecule has 0 saturated carbocycles. The second-order valence-electron chi connectivity index (χ2n) is 5.06. The van der Waals surface area contributed by atoms with Gasteiger partial charge < -0.3 is 20.4 Å². The Kier molecular flexibility index (Phi) is 3.94. The molecule has 6 nitrogen and oxygen atoms in total. The quantitative estimate of drug-likeness (QED) is 0.766. The lowest BCUT2D eigenvalue weighted by Crippen LogP contribution is -2.44. The van der Waals surface area contributed by atoms with E-state index in [0.29, 0.717) is 37.2 Å². The SMILES string of the molecule is CC(=O)Nc1cccc(C2(O)CCN(C(=O)O)CC2)c1. The van der Waals surface area contributed by atoms with E-state index in [1.54, 1.807) is 24.3 Å². The molecule has 0 atom stereocenters. The molecular weight excluding hydrogens is 260 g/mol. The summed E-state index contributed by atoms with van der Waals surface area (Å²) in [6.45, 7) is 2.03. The van der Waals surface area contributed by atoms with Crippen LogP contribution in [0.15, 0.2) is 24.3 Å². The lowest BCUT2D eigenvalue weighted by Gasteiger charge is -2.37. The summed E-state index contributed by atoms with van der Waals surface area (Å²) >= 11 is 0. The number of benzene rings is 1. The Morgan fingerprint density at radius 3 is 2.50 bits per heavy atom. The Morgan fingerprint density at radius 1 is 1.30 bits per heavy atom. The fraction of sp³-hybridized carbons (Fsp3) is 0.429. The first-order valence-electron chi connectivity index (χ1n) is 6.49. The maximum atomic E-state index is 11.1. The van der Waals surface area contributed by atoms with Crippen LogP contribution in [0.2, 0.25) is 0 Å². The van der Waals surface area contributed by atoms with Crippen molar-refractivity contribution in [3.8, 4) is 0 Å². The normalized spacial score (nSPS) is 17.6. The smallest absolute Gasteiger partial charge is 0.407 e. The van der Waals surface area contributed by atoms with Gasteiger partial charge >= 0.3 is 6.09 Å². The summed E-state index contributed by atoms with van der Waals surface area (Å²) in [6.07, 6.45) is -0.259. The van der Waals surface area contributed by atoms with Crippen LogP contribution in [0.4, 0.5) is 10.5 Å². The van der Waals surface area contributed by atoms with Crippen molar-refractivity contribution in [1.29, 1.82) is 0 Å². The first kappa shape index (κ1) is 14.3. The van der Waals surface area contributed by atoms with Crippen molar-refractivity contribution in [1.82, 2.24) is 4.90 Å². The number of amides is 2. The molecule has 0 aliphatic carbocycles. The lowest BCUT2D eigenvalue weighted by molar-refractivity contribution is -0.114. The number of anilines is 1. The van der Waals surface area contributed by atoms with E-state index in [4.69, 9.17) is 5.11 Å². The van der Waals surface area contributed by atoms with Gasteiger partial charge in [0.2, 0.25) is 5.91 Å². The highest BCUT2D eigenvalue weighted by molar-refractivity contribution is 5.88.